The van der Waals surface area contributed by atoms with Gasteiger partial charge >= 0.3 is 12.1 Å². The minimum atomic E-state index is -1.57. The molecule has 6 nitrogen and oxygen atoms in total. The average Bonchev–Trinajstić information content (AvgIpc) is 1.64. The molecule has 0 heterocycles. The summed E-state index contributed by atoms with van der Waals surface area (Å²) in [6.45, 7) is 0. The second-order valence-electron chi connectivity index (χ2n) is 0.991. The number of rotatable bonds is 0. The number of primary amides is 1. The van der Waals surface area contributed by atoms with Crippen molar-refractivity contribution < 1.29 is 14.7 Å². The minimum absolute atomic E-state index is 0.111. The van der Waals surface area contributed by atoms with Gasteiger partial charge in [0.2, 0.25) is 0 Å². The largest absolute Gasteiger partial charge is 0.464 e. The quantitative estimate of drug-likeness (QED) is 0.214. The van der Waals surface area contributed by atoms with Crippen molar-refractivity contribution in [2.75, 3.05) is 0 Å². The highest BCUT2D eigenvalue weighted by atomic mass is 16.4. The summed E-state index contributed by atoms with van der Waals surface area (Å²) in [5.41, 5.74) is 4.42. The fraction of sp³-hybridized carbons (Fsp3) is 0. The minimum Gasteiger partial charge on any atom is -0.464 e. The molecule has 0 aromatic carbocycles. The Bertz CT molecular complexity index is 108. The molecule has 0 aliphatic heterocycles. The third kappa shape index (κ3) is 1.43. The van der Waals surface area contributed by atoms with Crippen molar-refractivity contribution in [3.8, 4) is 0 Å². The van der Waals surface area contributed by atoms with Gasteiger partial charge in [-0.2, -0.15) is 5.01 Å². The van der Waals surface area contributed by atoms with E-state index in [0.717, 1.165) is 0 Å². The van der Waals surface area contributed by atoms with Crippen LogP contribution in [0.5, 0.6) is 0 Å². The lowest BCUT2D eigenvalue weighted by molar-refractivity contribution is 0.152. The van der Waals surface area contributed by atoms with E-state index in [9.17, 15) is 9.59 Å². The van der Waals surface area contributed by atoms with Crippen molar-refractivity contribution in [1.82, 2.24) is 5.01 Å². The maximum absolute atomic E-state index is 9.78. The predicted octanol–water partition coefficient (Wildman–Crippen LogP) is -1.08. The van der Waals surface area contributed by atoms with Gasteiger partial charge in [0.15, 0.2) is 0 Å². The van der Waals surface area contributed by atoms with Crippen LogP contribution in [0.1, 0.15) is 0 Å². The van der Waals surface area contributed by atoms with Crippen LogP contribution in [0.4, 0.5) is 9.59 Å². The van der Waals surface area contributed by atoms with E-state index in [1.165, 1.54) is 0 Å². The summed E-state index contributed by atoms with van der Waals surface area (Å²) in [4.78, 5) is 19.4. The molecular weight excluding hydrogens is 114 g/mol. The molecule has 0 aliphatic rings. The van der Waals surface area contributed by atoms with Crippen LogP contribution in [0.15, 0.2) is 0 Å². The summed E-state index contributed by atoms with van der Waals surface area (Å²) in [5, 5.41) is 7.74. The lowest BCUT2D eigenvalue weighted by Gasteiger charge is -2.03. The zero-order valence-electron chi connectivity index (χ0n) is 3.87. The van der Waals surface area contributed by atoms with E-state index in [1.54, 1.807) is 0 Å². The van der Waals surface area contributed by atoms with Crippen molar-refractivity contribution in [3.05, 3.63) is 0 Å². The van der Waals surface area contributed by atoms with Crippen LogP contribution in [0.25, 0.3) is 0 Å². The molecule has 0 aromatic heterocycles. The number of carboxylic acid groups (broad SMARTS) is 1. The van der Waals surface area contributed by atoms with Gasteiger partial charge in [0.05, 0.1) is 0 Å². The predicted molar refractivity (Wildman–Crippen MR) is 23.6 cm³/mol. The molecule has 0 aliphatic carbocycles. The standard InChI is InChI=1S/C2H5N3O3/c3-1(6)5(4)2(7)8/h4H2,(H2,3,6)(H,7,8). The fourth-order valence-corrected chi connectivity index (χ4v) is 0.0943. The van der Waals surface area contributed by atoms with Crippen LogP contribution in [0.3, 0.4) is 0 Å². The molecule has 0 bridgehead atoms. The Balaban J connectivity index is 3.83. The number of imide groups is 1. The molecular formula is C2H5N3O3. The molecule has 0 saturated heterocycles. The van der Waals surface area contributed by atoms with Crippen molar-refractivity contribution >= 4 is 12.1 Å². The van der Waals surface area contributed by atoms with E-state index in [1.807, 2.05) is 0 Å². The van der Waals surface area contributed by atoms with Crippen LogP contribution in [0.2, 0.25) is 0 Å². The molecule has 0 unspecified atom stereocenters. The van der Waals surface area contributed by atoms with E-state index in [-0.39, 0.29) is 5.01 Å². The summed E-state index contributed by atoms with van der Waals surface area (Å²) < 4.78 is 0. The average molecular weight is 119 g/mol. The Morgan fingerprint density at radius 1 is 1.50 bits per heavy atom. The summed E-state index contributed by atoms with van der Waals surface area (Å²) >= 11 is 0. The van der Waals surface area contributed by atoms with Gasteiger partial charge in [0.1, 0.15) is 0 Å². The molecule has 3 amide bonds. The maximum Gasteiger partial charge on any atom is 0.430 e. The summed E-state index contributed by atoms with van der Waals surface area (Å²) in [6.07, 6.45) is -1.57. The second kappa shape index (κ2) is 2.12. The first-order valence-electron chi connectivity index (χ1n) is 1.63. The number of hydrazine groups is 1. The van der Waals surface area contributed by atoms with Crippen LogP contribution in [-0.2, 0) is 0 Å². The van der Waals surface area contributed by atoms with Gasteiger partial charge in [-0.1, -0.05) is 0 Å². The van der Waals surface area contributed by atoms with Gasteiger partial charge in [0, 0.05) is 0 Å². The molecule has 0 atom stereocenters. The third-order valence-electron chi connectivity index (χ3n) is 0.444. The topological polar surface area (TPSA) is 110 Å². The van der Waals surface area contributed by atoms with Crippen molar-refractivity contribution in [1.29, 1.82) is 0 Å². The first-order valence-corrected chi connectivity index (χ1v) is 1.63. The number of carbonyl (C=O) groups is 2. The van der Waals surface area contributed by atoms with Crippen molar-refractivity contribution in [2.24, 2.45) is 11.6 Å². The number of hydrogen-bond acceptors (Lipinski definition) is 3. The van der Waals surface area contributed by atoms with Gasteiger partial charge in [0.25, 0.3) is 0 Å². The molecule has 0 fully saturated rings. The van der Waals surface area contributed by atoms with Crippen LogP contribution < -0.4 is 11.6 Å². The maximum atomic E-state index is 9.78. The fourth-order valence-electron chi connectivity index (χ4n) is 0.0943. The van der Waals surface area contributed by atoms with Gasteiger partial charge < -0.3 is 10.8 Å². The molecule has 6 heteroatoms. The lowest BCUT2D eigenvalue weighted by Crippen LogP contribution is -2.44. The zero-order valence-corrected chi connectivity index (χ0v) is 3.87. The monoisotopic (exact) mass is 119 g/mol. The first kappa shape index (κ1) is 6.70. The van der Waals surface area contributed by atoms with E-state index < -0.39 is 12.1 Å². The summed E-state index contributed by atoms with van der Waals surface area (Å²) in [5.74, 6) is 4.52. The van der Waals surface area contributed by atoms with E-state index in [4.69, 9.17) is 5.11 Å². The van der Waals surface area contributed by atoms with Gasteiger partial charge in [-0.15, -0.1) is 0 Å². The number of nitrogens with zero attached hydrogens (tertiary/aromatic N) is 1. The van der Waals surface area contributed by atoms with Crippen molar-refractivity contribution in [3.63, 3.8) is 0 Å². The SMILES string of the molecule is NC(=O)N(N)C(=O)O. The Kier molecular flexibility index (Phi) is 1.78. The molecule has 46 valence electrons. The zero-order chi connectivity index (χ0) is 6.73. The van der Waals surface area contributed by atoms with Crippen LogP contribution in [-0.4, -0.2) is 22.2 Å². The number of nitrogens with two attached hydrogens (primary N) is 2. The van der Waals surface area contributed by atoms with Crippen molar-refractivity contribution in [2.45, 2.75) is 0 Å². The van der Waals surface area contributed by atoms with Gasteiger partial charge in [-0.05, 0) is 0 Å². The second-order valence-corrected chi connectivity index (χ2v) is 0.991. The Labute approximate surface area is 44.6 Å². The molecule has 0 aromatic rings. The van der Waals surface area contributed by atoms with E-state index in [0.29, 0.717) is 0 Å². The van der Waals surface area contributed by atoms with Crippen LogP contribution >= 0.6 is 0 Å². The molecule has 8 heavy (non-hydrogen) atoms. The Hall–Kier alpha value is -1.30. The highest BCUT2D eigenvalue weighted by Crippen LogP contribution is 1.74. The normalized spacial score (nSPS) is 8.12. The van der Waals surface area contributed by atoms with Crippen LogP contribution in [0, 0.1) is 0 Å². The number of hydrogen-bond donors (Lipinski definition) is 3. The molecule has 0 rings (SSSR count). The number of urea groups is 1. The molecule has 0 spiro atoms. The smallest absolute Gasteiger partial charge is 0.430 e. The van der Waals surface area contributed by atoms with Gasteiger partial charge in [-0.25, -0.2) is 15.4 Å². The molecule has 5 N–H and O–H groups in total. The Morgan fingerprint density at radius 3 is 1.88 bits per heavy atom. The molecule has 0 radical (unpaired) electrons. The third-order valence-corrected chi connectivity index (χ3v) is 0.444. The van der Waals surface area contributed by atoms with Gasteiger partial charge in [-0.3, -0.25) is 0 Å². The number of amides is 3. The Morgan fingerprint density at radius 2 is 1.88 bits per heavy atom. The number of carbonyl (C=O) groups excluding carboxylic acids is 1. The lowest BCUT2D eigenvalue weighted by atomic mass is 10.9. The summed E-state index contributed by atoms with van der Waals surface area (Å²) in [7, 11) is 0. The first-order chi connectivity index (χ1) is 3.55. The molecule has 0 saturated carbocycles. The van der Waals surface area contributed by atoms with E-state index in [2.05, 4.69) is 11.6 Å². The van der Waals surface area contributed by atoms with E-state index >= 15 is 0 Å². The highest BCUT2D eigenvalue weighted by Gasteiger charge is 2.10. The summed E-state index contributed by atoms with van der Waals surface area (Å²) in [6, 6.07) is -1.20. The highest BCUT2D eigenvalue weighted by molar-refractivity contribution is 5.87.